The van der Waals surface area contributed by atoms with Crippen molar-refractivity contribution in [1.29, 1.82) is 0 Å². The Labute approximate surface area is 190 Å². The molecule has 0 aliphatic carbocycles. The average molecular weight is 455 g/mol. The first-order valence-electron chi connectivity index (χ1n) is 10.1. The average Bonchev–Trinajstić information content (AvgIpc) is 3.38. The van der Waals surface area contributed by atoms with Crippen molar-refractivity contribution in [2.45, 2.75) is 38.8 Å². The van der Waals surface area contributed by atoms with E-state index in [1.807, 2.05) is 24.3 Å². The van der Waals surface area contributed by atoms with Gasteiger partial charge in [-0.05, 0) is 26.8 Å². The number of hydrogen-bond donors (Lipinski definition) is 2. The Bertz CT molecular complexity index is 1290. The molecule has 1 aromatic carbocycles. The van der Waals surface area contributed by atoms with E-state index in [-0.39, 0.29) is 30.0 Å². The van der Waals surface area contributed by atoms with E-state index in [4.69, 9.17) is 9.40 Å². The van der Waals surface area contributed by atoms with E-state index in [1.54, 1.807) is 38.2 Å². The third-order valence-corrected chi connectivity index (χ3v) is 5.45. The number of carbonyl (C=O) groups is 1. The highest BCUT2D eigenvalue weighted by Crippen LogP contribution is 2.34. The summed E-state index contributed by atoms with van der Waals surface area (Å²) in [5, 5.41) is 11.2. The van der Waals surface area contributed by atoms with Crippen LogP contribution in [0, 0.1) is 6.92 Å². The second-order valence-electron chi connectivity index (χ2n) is 8.19. The first-order valence-corrected chi connectivity index (χ1v) is 10.1. The van der Waals surface area contributed by atoms with Crippen molar-refractivity contribution in [3.63, 3.8) is 0 Å². The van der Waals surface area contributed by atoms with Crippen molar-refractivity contribution >= 4 is 29.2 Å². The van der Waals surface area contributed by atoms with Gasteiger partial charge in [-0.1, -0.05) is 18.2 Å². The van der Waals surface area contributed by atoms with Crippen molar-refractivity contribution in [3.05, 3.63) is 71.3 Å². The molecule has 32 heavy (non-hydrogen) atoms. The summed E-state index contributed by atoms with van der Waals surface area (Å²) in [5.74, 6) is 0.372. The van der Waals surface area contributed by atoms with Gasteiger partial charge in [0.25, 0.3) is 5.91 Å². The number of aromatic amines is 1. The van der Waals surface area contributed by atoms with Gasteiger partial charge in [0.05, 0.1) is 28.9 Å². The van der Waals surface area contributed by atoms with Crippen LogP contribution in [-0.2, 0) is 12.0 Å². The molecule has 0 spiro atoms. The molecule has 1 aliphatic heterocycles. The fraction of sp³-hybridized carbons (Fsp3) is 0.318. The summed E-state index contributed by atoms with van der Waals surface area (Å²) < 4.78 is 5.70. The number of amides is 1. The minimum Gasteiger partial charge on any atom is -0.432 e. The fourth-order valence-corrected chi connectivity index (χ4v) is 3.87. The number of nitrogens with one attached hydrogen (secondary N) is 1. The van der Waals surface area contributed by atoms with Crippen molar-refractivity contribution in [3.8, 4) is 0 Å². The Balaban J connectivity index is 0.00000245. The maximum absolute atomic E-state index is 13.6. The molecule has 1 amide bonds. The lowest BCUT2D eigenvalue weighted by Gasteiger charge is -2.33. The van der Waals surface area contributed by atoms with Gasteiger partial charge in [-0.3, -0.25) is 4.79 Å². The molecule has 4 aromatic rings. The molecule has 9 nitrogen and oxygen atoms in total. The number of nitrogens with zero attached hydrogens (tertiary/aromatic N) is 5. The number of aryl methyl sites for hydroxylation is 1. The van der Waals surface area contributed by atoms with Crippen LogP contribution in [0.2, 0.25) is 0 Å². The quantitative estimate of drug-likeness (QED) is 0.487. The maximum atomic E-state index is 13.6. The van der Waals surface area contributed by atoms with Crippen LogP contribution in [0.5, 0.6) is 0 Å². The number of imidazole rings is 1. The minimum absolute atomic E-state index is 0. The third-order valence-electron chi connectivity index (χ3n) is 5.45. The molecular weight excluding hydrogens is 432 g/mol. The number of fused-ring (bicyclic) bond motifs is 2. The van der Waals surface area contributed by atoms with E-state index in [9.17, 15) is 9.90 Å². The van der Waals surface area contributed by atoms with Gasteiger partial charge in [0.15, 0.2) is 5.82 Å². The van der Waals surface area contributed by atoms with Crippen molar-refractivity contribution in [2.24, 2.45) is 0 Å². The molecule has 10 heteroatoms. The van der Waals surface area contributed by atoms with Crippen LogP contribution in [0.1, 0.15) is 59.2 Å². The molecule has 3 aromatic heterocycles. The summed E-state index contributed by atoms with van der Waals surface area (Å²) in [5.41, 5.74) is 1.61. The zero-order valence-corrected chi connectivity index (χ0v) is 18.7. The zero-order chi connectivity index (χ0) is 21.8. The number of para-hydroxylation sites is 1. The van der Waals surface area contributed by atoms with Gasteiger partial charge in [-0.2, -0.15) is 0 Å². The number of hydrogen-bond acceptors (Lipinski definition) is 7. The van der Waals surface area contributed by atoms with Gasteiger partial charge in [-0.15, -0.1) is 12.4 Å². The standard InChI is InChI=1S/C22H22N6O3.ClH/c1-12-18(31-21(26-12)22(2,3)30)20(29)28-9-8-15-16(25-11-24-15)17(28)19-23-10-13-6-4-5-7-14(13)27-19;/h4-7,10-11,17,30H,8-9H2,1-3H3,(H,24,25);1H/t17-;/m0./s1. The number of benzene rings is 1. The van der Waals surface area contributed by atoms with E-state index in [1.165, 1.54) is 0 Å². The van der Waals surface area contributed by atoms with Crippen LogP contribution >= 0.6 is 12.4 Å². The van der Waals surface area contributed by atoms with Crippen molar-refractivity contribution < 1.29 is 14.3 Å². The van der Waals surface area contributed by atoms with Gasteiger partial charge in [0.2, 0.25) is 11.7 Å². The van der Waals surface area contributed by atoms with Gasteiger partial charge in [0, 0.05) is 24.5 Å². The number of carbonyl (C=O) groups excluding carboxylic acids is 1. The highest BCUT2D eigenvalue weighted by molar-refractivity contribution is 5.93. The molecule has 166 valence electrons. The molecule has 0 unspecified atom stereocenters. The fourth-order valence-electron chi connectivity index (χ4n) is 3.87. The molecule has 1 atom stereocenters. The summed E-state index contributed by atoms with van der Waals surface area (Å²) >= 11 is 0. The molecule has 0 saturated heterocycles. The molecule has 0 radical (unpaired) electrons. The van der Waals surface area contributed by atoms with Crippen LogP contribution < -0.4 is 0 Å². The van der Waals surface area contributed by atoms with Crippen molar-refractivity contribution in [1.82, 2.24) is 29.8 Å². The SMILES string of the molecule is Cc1nc(C(C)(C)O)oc1C(=O)N1CCc2nc[nH]c2[C@H]1c1ncc2ccccc2n1.Cl. The highest BCUT2D eigenvalue weighted by atomic mass is 35.5. The molecule has 4 heterocycles. The molecule has 0 saturated carbocycles. The number of aromatic nitrogens is 5. The Morgan fingerprint density at radius 1 is 1.25 bits per heavy atom. The largest absolute Gasteiger partial charge is 0.432 e. The minimum atomic E-state index is -1.29. The van der Waals surface area contributed by atoms with Crippen LogP contribution in [0.4, 0.5) is 0 Å². The van der Waals surface area contributed by atoms with Crippen LogP contribution in [0.3, 0.4) is 0 Å². The predicted octanol–water partition coefficient (Wildman–Crippen LogP) is 3.09. The first kappa shape index (κ1) is 21.9. The molecule has 5 rings (SSSR count). The lowest BCUT2D eigenvalue weighted by Crippen LogP contribution is -2.41. The van der Waals surface area contributed by atoms with E-state index >= 15 is 0 Å². The van der Waals surface area contributed by atoms with Gasteiger partial charge in [-0.25, -0.2) is 19.9 Å². The Morgan fingerprint density at radius 2 is 2.03 bits per heavy atom. The smallest absolute Gasteiger partial charge is 0.292 e. The number of rotatable bonds is 3. The van der Waals surface area contributed by atoms with E-state index in [0.717, 1.165) is 22.3 Å². The monoisotopic (exact) mass is 454 g/mol. The summed E-state index contributed by atoms with van der Waals surface area (Å²) in [4.78, 5) is 36.3. The zero-order valence-electron chi connectivity index (χ0n) is 17.9. The molecule has 0 fully saturated rings. The number of aliphatic hydroxyl groups is 1. The predicted molar refractivity (Wildman–Crippen MR) is 118 cm³/mol. The number of halogens is 1. The summed E-state index contributed by atoms with van der Waals surface area (Å²) in [7, 11) is 0. The second-order valence-corrected chi connectivity index (χ2v) is 8.19. The number of H-pyrrole nitrogens is 1. The Hall–Kier alpha value is -3.30. The van der Waals surface area contributed by atoms with Crippen LogP contribution in [0.25, 0.3) is 10.9 Å². The second kappa shape index (κ2) is 7.99. The lowest BCUT2D eigenvalue weighted by molar-refractivity contribution is 0.0439. The van der Waals surface area contributed by atoms with Crippen LogP contribution in [0.15, 0.2) is 41.2 Å². The summed E-state index contributed by atoms with van der Waals surface area (Å²) in [6.07, 6.45) is 3.98. The topological polar surface area (TPSA) is 121 Å². The molecule has 0 bridgehead atoms. The van der Waals surface area contributed by atoms with E-state index in [2.05, 4.69) is 19.9 Å². The maximum Gasteiger partial charge on any atom is 0.292 e. The van der Waals surface area contributed by atoms with Gasteiger partial charge in [0.1, 0.15) is 11.6 Å². The molecule has 2 N–H and O–H groups in total. The van der Waals surface area contributed by atoms with Crippen molar-refractivity contribution in [2.75, 3.05) is 6.54 Å². The Kier molecular flexibility index (Phi) is 5.47. The van der Waals surface area contributed by atoms with E-state index in [0.29, 0.717) is 24.5 Å². The van der Waals surface area contributed by atoms with Crippen LogP contribution in [-0.4, -0.2) is 47.4 Å². The first-order chi connectivity index (χ1) is 14.8. The van der Waals surface area contributed by atoms with Gasteiger partial charge < -0.3 is 19.4 Å². The normalized spacial score (nSPS) is 16.0. The van der Waals surface area contributed by atoms with Gasteiger partial charge >= 0.3 is 0 Å². The summed E-state index contributed by atoms with van der Waals surface area (Å²) in [6.45, 7) is 5.25. The Morgan fingerprint density at radius 3 is 2.78 bits per heavy atom. The lowest BCUT2D eigenvalue weighted by atomic mass is 10.0. The molecule has 1 aliphatic rings. The highest BCUT2D eigenvalue weighted by Gasteiger charge is 2.39. The number of oxazole rings is 1. The summed E-state index contributed by atoms with van der Waals surface area (Å²) in [6, 6.07) is 7.17. The molecular formula is C22H23ClN6O3. The van der Waals surface area contributed by atoms with E-state index < -0.39 is 11.6 Å². The third kappa shape index (κ3) is 3.63.